The smallest absolute Gasteiger partial charge is 0.266 e. The third-order valence-electron chi connectivity index (χ3n) is 5.31. The van der Waals surface area contributed by atoms with Crippen molar-refractivity contribution in [2.45, 2.75) is 32.2 Å². The molecular weight excluding hydrogens is 432 g/mol. The lowest BCUT2D eigenvalue weighted by molar-refractivity contribution is -0.114. The molecule has 1 fully saturated rings. The number of primary amides is 1. The summed E-state index contributed by atoms with van der Waals surface area (Å²) in [6.07, 6.45) is 4.04. The van der Waals surface area contributed by atoms with E-state index < -0.39 is 5.91 Å². The first kappa shape index (κ1) is 23.5. The molecule has 1 aliphatic heterocycles. The van der Waals surface area contributed by atoms with E-state index >= 15 is 0 Å². The zero-order valence-corrected chi connectivity index (χ0v) is 19.0. The molecule has 0 bridgehead atoms. The fourth-order valence-electron chi connectivity index (χ4n) is 3.73. The molecule has 0 unspecified atom stereocenters. The Bertz CT molecular complexity index is 1040. The van der Waals surface area contributed by atoms with Crippen LogP contribution in [-0.2, 0) is 16.0 Å². The van der Waals surface area contributed by atoms with Crippen LogP contribution in [0.15, 0.2) is 46.9 Å². The number of ether oxygens (including phenoxy) is 2. The molecule has 1 aromatic heterocycles. The van der Waals surface area contributed by atoms with Crippen LogP contribution in [-0.4, -0.2) is 36.0 Å². The predicted molar refractivity (Wildman–Crippen MR) is 125 cm³/mol. The largest absolute Gasteiger partial charge is 0.494 e. The highest BCUT2D eigenvalue weighted by atomic mass is 35.5. The minimum atomic E-state index is -0.806. The molecule has 3 rings (SSSR count). The zero-order valence-electron chi connectivity index (χ0n) is 18.2. The number of para-hydroxylation sites is 1. The molecule has 9 nitrogen and oxygen atoms in total. The maximum absolute atomic E-state index is 11.6. The maximum atomic E-state index is 11.6. The second-order valence-electron chi connectivity index (χ2n) is 7.39. The number of carbonyl (C=O) groups excluding carboxylic acids is 1. The third-order valence-corrected chi connectivity index (χ3v) is 5.42. The summed E-state index contributed by atoms with van der Waals surface area (Å²) in [5, 5.41) is 7.90. The Morgan fingerprint density at radius 3 is 2.66 bits per heavy atom. The van der Waals surface area contributed by atoms with Gasteiger partial charge in [-0.25, -0.2) is 0 Å². The lowest BCUT2D eigenvalue weighted by Gasteiger charge is -2.24. The topological polar surface area (TPSA) is 143 Å². The van der Waals surface area contributed by atoms with Crippen molar-refractivity contribution in [3.05, 3.63) is 52.6 Å². The quantitative estimate of drug-likeness (QED) is 0.269. The van der Waals surface area contributed by atoms with Crippen LogP contribution in [0.2, 0.25) is 0 Å². The Kier molecular flexibility index (Phi) is 7.66. The molecule has 0 spiro atoms. The van der Waals surface area contributed by atoms with Crippen LogP contribution in [0.4, 0.5) is 5.69 Å². The third kappa shape index (κ3) is 5.17. The van der Waals surface area contributed by atoms with E-state index in [4.69, 9.17) is 43.4 Å². The highest BCUT2D eigenvalue weighted by Gasteiger charge is 2.22. The molecule has 2 aromatic rings. The van der Waals surface area contributed by atoms with Crippen LogP contribution in [0.1, 0.15) is 31.5 Å². The molecule has 0 atom stereocenters. The Balaban J connectivity index is 2.04. The number of carbonyl (C=O) groups is 1. The van der Waals surface area contributed by atoms with E-state index in [1.54, 1.807) is 13.2 Å². The first-order valence-corrected chi connectivity index (χ1v) is 10.8. The van der Waals surface area contributed by atoms with Crippen molar-refractivity contribution in [3.63, 3.8) is 0 Å². The van der Waals surface area contributed by atoms with E-state index in [0.29, 0.717) is 17.5 Å². The second kappa shape index (κ2) is 10.4. The molecule has 1 aliphatic rings. The Labute approximate surface area is 192 Å². The van der Waals surface area contributed by atoms with Gasteiger partial charge in [-0.1, -0.05) is 24.6 Å². The number of rotatable bonds is 8. The zero-order chi connectivity index (χ0) is 23.3. The van der Waals surface area contributed by atoms with Crippen LogP contribution in [0.25, 0.3) is 11.3 Å². The molecule has 172 valence electrons. The Morgan fingerprint density at radius 1 is 1.34 bits per heavy atom. The van der Waals surface area contributed by atoms with E-state index in [1.807, 2.05) is 12.1 Å². The number of methoxy groups -OCH3 is 1. The highest BCUT2D eigenvalue weighted by Crippen LogP contribution is 2.38. The Hall–Kier alpha value is -3.17. The standard InChI is InChI=1S/C22H29ClN6O3/c1-3-13-11-17(28-29(13)14-7-9-32-10-8-14)15-5-4-6-16(21(15)31-2)27-18(12-19(23)24)20(25)22(26)30/h4-6,11-12,14,27H,3,7-10,24-25H2,1-2H3,(H2,26,30)/b19-12-,20-18+. The van der Waals surface area contributed by atoms with Gasteiger partial charge in [0.25, 0.3) is 5.91 Å². The number of nitrogens with one attached hydrogen (secondary N) is 1. The van der Waals surface area contributed by atoms with Crippen molar-refractivity contribution in [2.75, 3.05) is 25.6 Å². The van der Waals surface area contributed by atoms with Crippen molar-refractivity contribution >= 4 is 23.2 Å². The van der Waals surface area contributed by atoms with Crippen molar-refractivity contribution in [2.24, 2.45) is 17.2 Å². The molecule has 7 N–H and O–H groups in total. The van der Waals surface area contributed by atoms with Crippen LogP contribution in [0.3, 0.4) is 0 Å². The fourth-order valence-corrected chi connectivity index (χ4v) is 3.84. The van der Waals surface area contributed by atoms with Crippen LogP contribution < -0.4 is 27.3 Å². The van der Waals surface area contributed by atoms with Gasteiger partial charge in [0, 0.05) is 24.5 Å². The van der Waals surface area contributed by atoms with Gasteiger partial charge >= 0.3 is 0 Å². The van der Waals surface area contributed by atoms with E-state index in [0.717, 1.165) is 49.4 Å². The summed E-state index contributed by atoms with van der Waals surface area (Å²) in [5.41, 5.74) is 20.0. The van der Waals surface area contributed by atoms with Gasteiger partial charge < -0.3 is 32.0 Å². The number of anilines is 1. The van der Waals surface area contributed by atoms with E-state index in [2.05, 4.69) is 23.0 Å². The number of nitrogens with zero attached hydrogens (tertiary/aromatic N) is 2. The lowest BCUT2D eigenvalue weighted by atomic mass is 10.1. The second-order valence-corrected chi connectivity index (χ2v) is 7.83. The summed E-state index contributed by atoms with van der Waals surface area (Å²) in [6.45, 7) is 3.58. The fraction of sp³-hybridized carbons (Fsp3) is 0.364. The minimum absolute atomic E-state index is 0.0605. The maximum Gasteiger partial charge on any atom is 0.266 e. The van der Waals surface area contributed by atoms with Gasteiger partial charge in [-0.05, 0) is 43.5 Å². The van der Waals surface area contributed by atoms with Crippen molar-refractivity contribution in [1.82, 2.24) is 9.78 Å². The molecule has 0 radical (unpaired) electrons. The molecule has 1 saturated heterocycles. The molecule has 0 saturated carbocycles. The number of aromatic nitrogens is 2. The SMILES string of the molecule is CCc1cc(-c2cccc(NC(/C=C(\N)Cl)=C(/N)C(N)=O)c2OC)nn1C1CCOCC1. The van der Waals surface area contributed by atoms with E-state index in [1.165, 1.54) is 6.08 Å². The van der Waals surface area contributed by atoms with Gasteiger partial charge in [-0.3, -0.25) is 9.48 Å². The van der Waals surface area contributed by atoms with Crippen molar-refractivity contribution < 1.29 is 14.3 Å². The normalized spacial score (nSPS) is 15.9. The number of nitrogens with two attached hydrogens (primary N) is 3. The van der Waals surface area contributed by atoms with Gasteiger partial charge in [0.1, 0.15) is 10.9 Å². The van der Waals surface area contributed by atoms with Gasteiger partial charge in [-0.2, -0.15) is 5.10 Å². The predicted octanol–water partition coefficient (Wildman–Crippen LogP) is 2.58. The molecule has 10 heteroatoms. The molecule has 1 aromatic carbocycles. The molecule has 0 aliphatic carbocycles. The number of aryl methyl sites for hydroxylation is 1. The van der Waals surface area contributed by atoms with Crippen LogP contribution in [0.5, 0.6) is 5.75 Å². The van der Waals surface area contributed by atoms with Gasteiger partial charge in [0.15, 0.2) is 5.75 Å². The van der Waals surface area contributed by atoms with E-state index in [9.17, 15) is 4.79 Å². The minimum Gasteiger partial charge on any atom is -0.494 e. The number of allylic oxidation sites excluding steroid dienone is 1. The summed E-state index contributed by atoms with van der Waals surface area (Å²) in [5.74, 6) is -0.275. The van der Waals surface area contributed by atoms with Gasteiger partial charge in [0.2, 0.25) is 0 Å². The number of amides is 1. The van der Waals surface area contributed by atoms with E-state index in [-0.39, 0.29) is 16.6 Å². The summed E-state index contributed by atoms with van der Waals surface area (Å²) in [7, 11) is 1.56. The average Bonchev–Trinajstić information content (AvgIpc) is 3.22. The summed E-state index contributed by atoms with van der Waals surface area (Å²) in [6, 6.07) is 7.94. The molecule has 2 heterocycles. The number of benzene rings is 1. The first-order valence-electron chi connectivity index (χ1n) is 10.4. The van der Waals surface area contributed by atoms with Crippen molar-refractivity contribution in [3.8, 4) is 17.0 Å². The van der Waals surface area contributed by atoms with Crippen LogP contribution in [0, 0.1) is 0 Å². The number of halogens is 1. The highest BCUT2D eigenvalue weighted by molar-refractivity contribution is 6.29. The Morgan fingerprint density at radius 2 is 2.06 bits per heavy atom. The average molecular weight is 461 g/mol. The monoisotopic (exact) mass is 460 g/mol. The first-order chi connectivity index (χ1) is 15.3. The number of hydrogen-bond acceptors (Lipinski definition) is 7. The molecule has 32 heavy (non-hydrogen) atoms. The molecular formula is C22H29ClN6O3. The van der Waals surface area contributed by atoms with Gasteiger partial charge in [-0.15, -0.1) is 0 Å². The summed E-state index contributed by atoms with van der Waals surface area (Å²) in [4.78, 5) is 11.6. The van der Waals surface area contributed by atoms with Crippen LogP contribution >= 0.6 is 11.6 Å². The summed E-state index contributed by atoms with van der Waals surface area (Å²) < 4.78 is 13.3. The molecule has 1 amide bonds. The van der Waals surface area contributed by atoms with Crippen molar-refractivity contribution in [1.29, 1.82) is 0 Å². The lowest BCUT2D eigenvalue weighted by Crippen LogP contribution is -2.24. The number of hydrogen-bond donors (Lipinski definition) is 4. The van der Waals surface area contributed by atoms with Gasteiger partial charge in [0.05, 0.1) is 30.2 Å². The summed E-state index contributed by atoms with van der Waals surface area (Å²) >= 11 is 5.80.